The maximum atomic E-state index is 13.9. The first-order valence-corrected chi connectivity index (χ1v) is 15.0. The lowest BCUT2D eigenvalue weighted by atomic mass is 9.86. The number of benzene rings is 4. The number of hydrogen-bond donors (Lipinski definition) is 1. The highest BCUT2D eigenvalue weighted by molar-refractivity contribution is 5.85. The molecule has 4 aromatic carbocycles. The van der Waals surface area contributed by atoms with Crippen LogP contribution in [0.3, 0.4) is 0 Å². The Labute approximate surface area is 257 Å². The number of nitrogens with one attached hydrogen (secondary N) is 1. The standard InChI is InChI=1S/C36H37N5O3/c1-44-33-11-4-7-29(23-33)24-37-35(43)40(25-28-13-15-32(16-14-28)41-20-6-19-38-41)36(27-42)17-21-39(22-18-36)26-31-10-5-9-30-8-2-3-12-34(30)31/h2-16,19-20,23,27H,17-18,21-22,24-26H2,1H3,(H,37,43). The van der Waals surface area contributed by atoms with E-state index in [1.165, 1.54) is 16.3 Å². The number of carbonyl (C=O) groups is 2. The van der Waals surface area contributed by atoms with E-state index in [4.69, 9.17) is 4.74 Å². The summed E-state index contributed by atoms with van der Waals surface area (Å²) in [5, 5.41) is 9.85. The third-order valence-electron chi connectivity index (χ3n) is 8.62. The number of fused-ring (bicyclic) bond motifs is 1. The summed E-state index contributed by atoms with van der Waals surface area (Å²) >= 11 is 0. The van der Waals surface area contributed by atoms with Crippen molar-refractivity contribution in [2.75, 3.05) is 20.2 Å². The lowest BCUT2D eigenvalue weighted by Crippen LogP contribution is -2.60. The molecule has 0 atom stereocenters. The van der Waals surface area contributed by atoms with Gasteiger partial charge in [-0.05, 0) is 70.6 Å². The first-order valence-electron chi connectivity index (χ1n) is 15.0. The van der Waals surface area contributed by atoms with Crippen molar-refractivity contribution in [1.82, 2.24) is 24.9 Å². The highest BCUT2D eigenvalue weighted by atomic mass is 16.5. The second kappa shape index (κ2) is 13.1. The van der Waals surface area contributed by atoms with Crippen molar-refractivity contribution in [3.05, 3.63) is 126 Å². The van der Waals surface area contributed by atoms with Crippen LogP contribution in [0.25, 0.3) is 16.5 Å². The van der Waals surface area contributed by atoms with Gasteiger partial charge in [0.05, 0.1) is 12.8 Å². The molecule has 8 heteroatoms. The van der Waals surface area contributed by atoms with Crippen LogP contribution in [0.2, 0.25) is 0 Å². The van der Waals surface area contributed by atoms with Gasteiger partial charge in [-0.25, -0.2) is 9.48 Å². The van der Waals surface area contributed by atoms with Gasteiger partial charge in [-0.2, -0.15) is 5.10 Å². The molecule has 0 aliphatic carbocycles. The summed E-state index contributed by atoms with van der Waals surface area (Å²) in [5.41, 5.74) is 3.14. The van der Waals surface area contributed by atoms with Crippen LogP contribution in [0.5, 0.6) is 5.75 Å². The first-order chi connectivity index (χ1) is 21.6. The number of carbonyl (C=O) groups excluding carboxylic acids is 2. The molecule has 1 saturated heterocycles. The van der Waals surface area contributed by atoms with Crippen LogP contribution in [0.1, 0.15) is 29.5 Å². The number of piperidine rings is 1. The van der Waals surface area contributed by atoms with Crippen LogP contribution in [-0.4, -0.2) is 57.6 Å². The number of aldehydes is 1. The van der Waals surface area contributed by atoms with E-state index in [9.17, 15) is 9.59 Å². The fraction of sp³-hybridized carbons (Fsp3) is 0.250. The van der Waals surface area contributed by atoms with Crippen molar-refractivity contribution in [3.63, 3.8) is 0 Å². The molecule has 1 N–H and O–H groups in total. The van der Waals surface area contributed by atoms with Crippen molar-refractivity contribution in [1.29, 1.82) is 0 Å². The van der Waals surface area contributed by atoms with E-state index in [1.807, 2.05) is 60.8 Å². The van der Waals surface area contributed by atoms with Gasteiger partial charge >= 0.3 is 6.03 Å². The lowest BCUT2D eigenvalue weighted by Gasteiger charge is -2.45. The van der Waals surface area contributed by atoms with Gasteiger partial charge in [-0.3, -0.25) is 4.90 Å². The molecule has 2 amide bonds. The molecule has 1 aliphatic rings. The van der Waals surface area contributed by atoms with Gasteiger partial charge in [-0.1, -0.05) is 66.7 Å². The average molecular weight is 588 g/mol. The monoisotopic (exact) mass is 587 g/mol. The van der Waals surface area contributed by atoms with Gasteiger partial charge in [-0.15, -0.1) is 0 Å². The van der Waals surface area contributed by atoms with Gasteiger partial charge in [0.15, 0.2) is 0 Å². The Morgan fingerprint density at radius 2 is 1.73 bits per heavy atom. The summed E-state index contributed by atoms with van der Waals surface area (Å²) in [5.74, 6) is 0.730. The van der Waals surface area contributed by atoms with Gasteiger partial charge in [0.2, 0.25) is 0 Å². The van der Waals surface area contributed by atoms with Crippen LogP contribution >= 0.6 is 0 Å². The molecule has 8 nitrogen and oxygen atoms in total. The Kier molecular flexibility index (Phi) is 8.70. The molecule has 5 aromatic rings. The summed E-state index contributed by atoms with van der Waals surface area (Å²) in [4.78, 5) is 31.0. The smallest absolute Gasteiger partial charge is 0.318 e. The molecule has 0 radical (unpaired) electrons. The Hall–Kier alpha value is -4.95. The van der Waals surface area contributed by atoms with E-state index in [0.717, 1.165) is 35.4 Å². The summed E-state index contributed by atoms with van der Waals surface area (Å²) in [6.07, 6.45) is 5.73. The van der Waals surface area contributed by atoms with E-state index in [0.29, 0.717) is 39.0 Å². The van der Waals surface area contributed by atoms with Gasteiger partial charge < -0.3 is 19.7 Å². The molecule has 1 fully saturated rings. The third-order valence-corrected chi connectivity index (χ3v) is 8.62. The van der Waals surface area contributed by atoms with Gasteiger partial charge in [0.25, 0.3) is 0 Å². The number of ether oxygens (including phenoxy) is 1. The van der Waals surface area contributed by atoms with Gasteiger partial charge in [0.1, 0.15) is 17.6 Å². The maximum Gasteiger partial charge on any atom is 0.318 e. The van der Waals surface area contributed by atoms with E-state index in [1.54, 1.807) is 22.9 Å². The normalized spacial score (nSPS) is 14.7. The van der Waals surface area contributed by atoms with Crippen molar-refractivity contribution in [2.24, 2.45) is 0 Å². The molecule has 1 aromatic heterocycles. The molecule has 0 saturated carbocycles. The number of rotatable bonds is 10. The van der Waals surface area contributed by atoms with Crippen LogP contribution < -0.4 is 10.1 Å². The van der Waals surface area contributed by atoms with E-state index >= 15 is 0 Å². The molecule has 224 valence electrons. The quantitative estimate of drug-likeness (QED) is 0.204. The number of urea groups is 1. The summed E-state index contributed by atoms with van der Waals surface area (Å²) in [6, 6.07) is 32.0. The second-order valence-electron chi connectivity index (χ2n) is 11.3. The SMILES string of the molecule is COc1cccc(CNC(=O)N(Cc2ccc(-n3cccn3)cc2)C2(C=O)CCN(Cc3cccc4ccccc34)CC2)c1. The molecule has 44 heavy (non-hydrogen) atoms. The number of amides is 2. The molecular formula is C36H37N5O3. The number of methoxy groups -OCH3 is 1. The molecule has 0 spiro atoms. The molecule has 2 heterocycles. The number of aromatic nitrogens is 2. The van der Waals surface area contributed by atoms with Crippen LogP contribution in [0, 0.1) is 0 Å². The third kappa shape index (κ3) is 6.35. The number of nitrogens with zero attached hydrogens (tertiary/aromatic N) is 4. The average Bonchev–Trinajstić information content (AvgIpc) is 3.63. The zero-order valence-corrected chi connectivity index (χ0v) is 24.9. The Morgan fingerprint density at radius 3 is 2.48 bits per heavy atom. The molecule has 0 unspecified atom stereocenters. The minimum atomic E-state index is -0.922. The van der Waals surface area contributed by atoms with Crippen molar-refractivity contribution >= 4 is 23.1 Å². The predicted molar refractivity (Wildman–Crippen MR) is 172 cm³/mol. The Bertz CT molecular complexity index is 1700. The molecule has 0 bridgehead atoms. The van der Waals surface area contributed by atoms with Crippen molar-refractivity contribution < 1.29 is 14.3 Å². The topological polar surface area (TPSA) is 79.7 Å². The van der Waals surface area contributed by atoms with E-state index in [2.05, 4.69) is 57.8 Å². The Balaban J connectivity index is 1.21. The van der Waals surface area contributed by atoms with E-state index < -0.39 is 5.54 Å². The summed E-state index contributed by atoms with van der Waals surface area (Å²) in [7, 11) is 1.62. The lowest BCUT2D eigenvalue weighted by molar-refractivity contribution is -0.120. The van der Waals surface area contributed by atoms with Crippen LogP contribution in [0.15, 0.2) is 109 Å². The minimum Gasteiger partial charge on any atom is -0.497 e. The fourth-order valence-corrected chi connectivity index (χ4v) is 6.07. The number of likely N-dealkylation sites (tertiary alicyclic amines) is 1. The first kappa shape index (κ1) is 29.1. The molecule has 1 aliphatic heterocycles. The van der Waals surface area contributed by atoms with Crippen molar-refractivity contribution in [2.45, 2.75) is 38.0 Å². The van der Waals surface area contributed by atoms with Crippen LogP contribution in [-0.2, 0) is 24.4 Å². The maximum absolute atomic E-state index is 13.9. The largest absolute Gasteiger partial charge is 0.497 e. The molecule has 6 rings (SSSR count). The minimum absolute atomic E-state index is 0.265. The van der Waals surface area contributed by atoms with Crippen LogP contribution in [0.4, 0.5) is 4.79 Å². The highest BCUT2D eigenvalue weighted by Gasteiger charge is 2.42. The van der Waals surface area contributed by atoms with Gasteiger partial charge in [0, 0.05) is 45.1 Å². The summed E-state index contributed by atoms with van der Waals surface area (Å²) in [6.45, 7) is 2.85. The summed E-state index contributed by atoms with van der Waals surface area (Å²) < 4.78 is 7.14. The van der Waals surface area contributed by atoms with E-state index in [-0.39, 0.29) is 6.03 Å². The zero-order chi connectivity index (χ0) is 30.4. The number of hydrogen-bond acceptors (Lipinski definition) is 5. The highest BCUT2D eigenvalue weighted by Crippen LogP contribution is 2.31. The predicted octanol–water partition coefficient (Wildman–Crippen LogP) is 5.98. The Morgan fingerprint density at radius 1 is 0.955 bits per heavy atom. The molecular weight excluding hydrogens is 550 g/mol. The zero-order valence-electron chi connectivity index (χ0n) is 24.9. The fourth-order valence-electron chi connectivity index (χ4n) is 6.07. The second-order valence-corrected chi connectivity index (χ2v) is 11.3. The van der Waals surface area contributed by atoms with Crippen molar-refractivity contribution in [3.8, 4) is 11.4 Å².